The number of nitrogens with zero attached hydrogens (tertiary/aromatic N) is 3. The lowest BCUT2D eigenvalue weighted by Crippen LogP contribution is -2.50. The van der Waals surface area contributed by atoms with Gasteiger partial charge in [0.25, 0.3) is 0 Å². The molecule has 0 radical (unpaired) electrons. The summed E-state index contributed by atoms with van der Waals surface area (Å²) in [7, 11) is 1.69. The maximum absolute atomic E-state index is 13.7. The van der Waals surface area contributed by atoms with Gasteiger partial charge in [-0.05, 0) is 50.7 Å². The largest absolute Gasteiger partial charge is 0.496 e. The molecule has 5 heteroatoms. The van der Waals surface area contributed by atoms with E-state index in [1.807, 2.05) is 30.5 Å². The van der Waals surface area contributed by atoms with Crippen molar-refractivity contribution in [3.05, 3.63) is 48.3 Å². The predicted molar refractivity (Wildman–Crippen MR) is 98.1 cm³/mol. The number of aromatic nitrogens is 2. The minimum Gasteiger partial charge on any atom is -0.496 e. The normalized spacial score (nSPS) is 28.8. The predicted octanol–water partition coefficient (Wildman–Crippen LogP) is 3.32. The molecule has 3 heterocycles. The lowest BCUT2D eigenvalue weighted by Gasteiger charge is -2.41. The second-order valence-corrected chi connectivity index (χ2v) is 7.99. The van der Waals surface area contributed by atoms with Crippen LogP contribution in [0.25, 0.3) is 0 Å². The molecule has 5 nitrogen and oxygen atoms in total. The van der Waals surface area contributed by atoms with Crippen LogP contribution in [0.3, 0.4) is 0 Å². The first-order valence-corrected chi connectivity index (χ1v) is 9.68. The van der Waals surface area contributed by atoms with Crippen molar-refractivity contribution >= 4 is 5.91 Å². The molecule has 1 aliphatic carbocycles. The van der Waals surface area contributed by atoms with E-state index < -0.39 is 0 Å². The summed E-state index contributed by atoms with van der Waals surface area (Å²) in [6, 6.07) is 11.1. The summed E-state index contributed by atoms with van der Waals surface area (Å²) in [5, 5.41) is 4.43. The lowest BCUT2D eigenvalue weighted by atomic mass is 9.89. The van der Waals surface area contributed by atoms with E-state index >= 15 is 0 Å². The minimum atomic E-state index is -0.355. The second kappa shape index (κ2) is 5.86. The van der Waals surface area contributed by atoms with Gasteiger partial charge in [0.05, 0.1) is 18.6 Å². The molecule has 5 rings (SSSR count). The van der Waals surface area contributed by atoms with Gasteiger partial charge in [-0.1, -0.05) is 18.2 Å². The van der Waals surface area contributed by atoms with Gasteiger partial charge in [0.2, 0.25) is 5.91 Å². The fourth-order valence-electron chi connectivity index (χ4n) is 5.20. The van der Waals surface area contributed by atoms with Gasteiger partial charge < -0.3 is 9.64 Å². The molecule has 2 aromatic rings. The number of ether oxygens (including phenoxy) is 1. The molecule has 1 aromatic carbocycles. The number of amides is 1. The highest BCUT2D eigenvalue weighted by Gasteiger charge is 2.58. The molecular weight excluding hydrogens is 326 g/mol. The summed E-state index contributed by atoms with van der Waals surface area (Å²) < 4.78 is 7.65. The summed E-state index contributed by atoms with van der Waals surface area (Å²) in [6.45, 7) is 0. The molecule has 0 N–H and O–H groups in total. The van der Waals surface area contributed by atoms with Gasteiger partial charge in [-0.2, -0.15) is 5.10 Å². The van der Waals surface area contributed by atoms with E-state index in [1.54, 1.807) is 7.11 Å². The Morgan fingerprint density at radius 1 is 1.12 bits per heavy atom. The number of hydrogen-bond donors (Lipinski definition) is 0. The molecular formula is C21H25N3O2. The van der Waals surface area contributed by atoms with Crippen molar-refractivity contribution in [3.63, 3.8) is 0 Å². The van der Waals surface area contributed by atoms with Crippen molar-refractivity contribution in [1.82, 2.24) is 14.7 Å². The number of methoxy groups -OCH3 is 1. The number of fused-ring (bicyclic) bond motifs is 2. The smallest absolute Gasteiger partial charge is 0.233 e. The van der Waals surface area contributed by atoms with Crippen molar-refractivity contribution in [2.24, 2.45) is 0 Å². The van der Waals surface area contributed by atoms with Crippen LogP contribution in [0.1, 0.15) is 50.1 Å². The number of benzene rings is 1. The van der Waals surface area contributed by atoms with Crippen LogP contribution < -0.4 is 4.74 Å². The van der Waals surface area contributed by atoms with Crippen molar-refractivity contribution in [1.29, 1.82) is 0 Å². The highest BCUT2D eigenvalue weighted by Crippen LogP contribution is 2.55. The van der Waals surface area contributed by atoms with Gasteiger partial charge in [0, 0.05) is 30.0 Å². The van der Waals surface area contributed by atoms with E-state index in [1.165, 1.54) is 0 Å². The van der Waals surface area contributed by atoms with Crippen LogP contribution in [-0.4, -0.2) is 39.8 Å². The number of piperidine rings is 1. The van der Waals surface area contributed by atoms with E-state index in [0.717, 1.165) is 49.8 Å². The summed E-state index contributed by atoms with van der Waals surface area (Å²) >= 11 is 0. The number of carbonyl (C=O) groups is 1. The van der Waals surface area contributed by atoms with E-state index in [0.29, 0.717) is 24.0 Å². The first kappa shape index (κ1) is 15.9. The Morgan fingerprint density at radius 3 is 2.46 bits per heavy atom. The van der Waals surface area contributed by atoms with Crippen LogP contribution in [0.4, 0.5) is 0 Å². The molecule has 1 amide bonds. The number of rotatable bonds is 4. The molecule has 2 bridgehead atoms. The van der Waals surface area contributed by atoms with Gasteiger partial charge in [-0.3, -0.25) is 9.48 Å². The Bertz CT molecular complexity index is 798. The van der Waals surface area contributed by atoms with E-state index in [9.17, 15) is 4.79 Å². The van der Waals surface area contributed by atoms with Gasteiger partial charge in [0.1, 0.15) is 5.75 Å². The SMILES string of the molecule is COc1ccccc1C1(C(=O)N2C3CCC2CC(n2cccn2)C3)CC1. The highest BCUT2D eigenvalue weighted by molar-refractivity contribution is 5.93. The third-order valence-corrected chi connectivity index (χ3v) is 6.62. The molecule has 2 saturated heterocycles. The molecule has 136 valence electrons. The molecule has 1 aromatic heterocycles. The zero-order valence-electron chi connectivity index (χ0n) is 15.2. The number of carbonyl (C=O) groups excluding carboxylic acids is 1. The average Bonchev–Trinajstić information content (AvgIpc) is 3.21. The Balaban J connectivity index is 1.42. The molecule has 0 spiro atoms. The first-order chi connectivity index (χ1) is 12.7. The quantitative estimate of drug-likeness (QED) is 0.849. The molecule has 26 heavy (non-hydrogen) atoms. The summed E-state index contributed by atoms with van der Waals surface area (Å²) in [4.78, 5) is 15.9. The number of para-hydroxylation sites is 1. The van der Waals surface area contributed by atoms with Crippen LogP contribution in [0.5, 0.6) is 5.75 Å². The van der Waals surface area contributed by atoms with E-state index in [4.69, 9.17) is 4.74 Å². The van der Waals surface area contributed by atoms with Crippen LogP contribution in [0.15, 0.2) is 42.7 Å². The summed E-state index contributed by atoms with van der Waals surface area (Å²) in [5.41, 5.74) is 0.715. The van der Waals surface area contributed by atoms with E-state index in [2.05, 4.69) is 26.9 Å². The van der Waals surface area contributed by atoms with Crippen molar-refractivity contribution < 1.29 is 9.53 Å². The Hall–Kier alpha value is -2.30. The van der Waals surface area contributed by atoms with Crippen LogP contribution >= 0.6 is 0 Å². The Morgan fingerprint density at radius 2 is 1.85 bits per heavy atom. The maximum atomic E-state index is 13.7. The van der Waals surface area contributed by atoms with Gasteiger partial charge in [-0.15, -0.1) is 0 Å². The zero-order valence-corrected chi connectivity index (χ0v) is 15.2. The third kappa shape index (κ3) is 2.29. The lowest BCUT2D eigenvalue weighted by molar-refractivity contribution is -0.139. The fraction of sp³-hybridized carbons (Fsp3) is 0.524. The fourth-order valence-corrected chi connectivity index (χ4v) is 5.20. The van der Waals surface area contributed by atoms with Gasteiger partial charge in [0.15, 0.2) is 0 Å². The first-order valence-electron chi connectivity index (χ1n) is 9.68. The second-order valence-electron chi connectivity index (χ2n) is 7.99. The summed E-state index contributed by atoms with van der Waals surface area (Å²) in [5.74, 6) is 1.17. The van der Waals surface area contributed by atoms with Crippen molar-refractivity contribution in [2.45, 2.75) is 62.1 Å². The monoisotopic (exact) mass is 351 g/mol. The third-order valence-electron chi connectivity index (χ3n) is 6.62. The molecule has 3 fully saturated rings. The van der Waals surface area contributed by atoms with Crippen molar-refractivity contribution in [3.8, 4) is 5.75 Å². The maximum Gasteiger partial charge on any atom is 0.233 e. The van der Waals surface area contributed by atoms with Crippen molar-refractivity contribution in [2.75, 3.05) is 7.11 Å². The standard InChI is InChI=1S/C21H25N3O2/c1-26-19-6-3-2-5-18(19)21(9-10-21)20(25)24-15-7-8-16(24)14-17(13-15)23-12-4-11-22-23/h2-6,11-12,15-17H,7-10,13-14H2,1H3. The van der Waals surface area contributed by atoms with E-state index in [-0.39, 0.29) is 5.41 Å². The van der Waals surface area contributed by atoms with Crippen LogP contribution in [0, 0.1) is 0 Å². The highest BCUT2D eigenvalue weighted by atomic mass is 16.5. The molecule has 2 atom stereocenters. The van der Waals surface area contributed by atoms with Crippen LogP contribution in [0.2, 0.25) is 0 Å². The van der Waals surface area contributed by atoms with Crippen LogP contribution in [-0.2, 0) is 10.2 Å². The topological polar surface area (TPSA) is 47.4 Å². The Labute approximate surface area is 153 Å². The molecule has 2 unspecified atom stereocenters. The molecule has 3 aliphatic rings. The molecule has 1 saturated carbocycles. The van der Waals surface area contributed by atoms with Gasteiger partial charge in [-0.25, -0.2) is 0 Å². The van der Waals surface area contributed by atoms with Gasteiger partial charge >= 0.3 is 0 Å². The average molecular weight is 351 g/mol. The zero-order chi connectivity index (χ0) is 17.7. The Kier molecular flexibility index (Phi) is 3.59. The minimum absolute atomic E-state index is 0.327. The molecule has 2 aliphatic heterocycles. The summed E-state index contributed by atoms with van der Waals surface area (Å²) in [6.07, 6.45) is 10.1. The number of hydrogen-bond acceptors (Lipinski definition) is 3.